The van der Waals surface area contributed by atoms with Gasteiger partial charge in [-0.25, -0.2) is 9.97 Å². The maximum Gasteiger partial charge on any atom is 0.311 e. The van der Waals surface area contributed by atoms with Crippen LogP contribution in [0.5, 0.6) is 0 Å². The van der Waals surface area contributed by atoms with E-state index in [0.29, 0.717) is 24.3 Å². The van der Waals surface area contributed by atoms with E-state index in [1.807, 2.05) is 6.92 Å². The number of carbonyl (C=O) groups excluding carboxylic acids is 1. The first kappa shape index (κ1) is 15.8. The third kappa shape index (κ3) is 3.15. The molecule has 3 aliphatic carbocycles. The largest absolute Gasteiger partial charge is 0.466 e. The summed E-state index contributed by atoms with van der Waals surface area (Å²) in [6.45, 7) is 2.25. The molecular formula is C15H19Cl2N3O2. The molecule has 0 amide bonds. The molecule has 2 bridgehead atoms. The number of carbonyl (C=O) groups is 1. The van der Waals surface area contributed by atoms with Crippen LogP contribution in [0.15, 0.2) is 6.07 Å². The van der Waals surface area contributed by atoms with E-state index in [1.165, 1.54) is 0 Å². The topological polar surface area (TPSA) is 64.1 Å². The molecule has 4 rings (SSSR count). The van der Waals surface area contributed by atoms with Crippen LogP contribution in [0.4, 0.5) is 5.82 Å². The molecule has 1 aromatic heterocycles. The number of anilines is 1. The average molecular weight is 344 g/mol. The van der Waals surface area contributed by atoms with Crippen LogP contribution in [0.3, 0.4) is 0 Å². The fourth-order valence-electron chi connectivity index (χ4n) is 3.87. The fraction of sp³-hybridized carbons (Fsp3) is 0.667. The maximum absolute atomic E-state index is 12.4. The van der Waals surface area contributed by atoms with Gasteiger partial charge in [0, 0.05) is 12.1 Å². The van der Waals surface area contributed by atoms with E-state index >= 15 is 0 Å². The Kier molecular flexibility index (Phi) is 4.73. The molecule has 2 atom stereocenters. The van der Waals surface area contributed by atoms with Crippen molar-refractivity contribution in [2.75, 3.05) is 11.9 Å². The molecule has 1 aromatic rings. The van der Waals surface area contributed by atoms with E-state index in [0.717, 1.165) is 25.7 Å². The van der Waals surface area contributed by atoms with Gasteiger partial charge in [0.15, 0.2) is 0 Å². The van der Waals surface area contributed by atoms with Gasteiger partial charge in [0.1, 0.15) is 11.0 Å². The Morgan fingerprint density at radius 3 is 2.59 bits per heavy atom. The minimum Gasteiger partial charge on any atom is -0.466 e. The summed E-state index contributed by atoms with van der Waals surface area (Å²) in [5.41, 5.74) is 0. The number of hydrogen-bond acceptors (Lipinski definition) is 5. The van der Waals surface area contributed by atoms with Crippen LogP contribution < -0.4 is 5.32 Å². The zero-order valence-corrected chi connectivity index (χ0v) is 13.9. The van der Waals surface area contributed by atoms with Gasteiger partial charge in [-0.3, -0.25) is 4.79 Å². The van der Waals surface area contributed by atoms with Gasteiger partial charge in [-0.15, -0.1) is 0 Å². The van der Waals surface area contributed by atoms with Crippen molar-refractivity contribution in [3.8, 4) is 0 Å². The normalized spacial score (nSPS) is 30.1. The minimum atomic E-state index is -0.125. The summed E-state index contributed by atoms with van der Waals surface area (Å²) in [5, 5.41) is 3.75. The van der Waals surface area contributed by atoms with Crippen LogP contribution in [0.1, 0.15) is 32.6 Å². The summed E-state index contributed by atoms with van der Waals surface area (Å²) < 4.78 is 5.29. The van der Waals surface area contributed by atoms with Crippen molar-refractivity contribution in [1.29, 1.82) is 0 Å². The van der Waals surface area contributed by atoms with Crippen LogP contribution >= 0.6 is 23.2 Å². The molecule has 0 radical (unpaired) electrons. The number of esters is 1. The van der Waals surface area contributed by atoms with E-state index in [-0.39, 0.29) is 28.4 Å². The average Bonchev–Trinajstić information content (AvgIpc) is 2.47. The van der Waals surface area contributed by atoms with Crippen molar-refractivity contribution in [2.24, 2.45) is 17.8 Å². The number of hydrogen-bond donors (Lipinski definition) is 1. The van der Waals surface area contributed by atoms with Crippen molar-refractivity contribution < 1.29 is 9.53 Å². The highest BCUT2D eigenvalue weighted by Crippen LogP contribution is 2.46. The number of rotatable bonds is 4. The Hall–Kier alpha value is -1.07. The zero-order chi connectivity index (χ0) is 15.7. The number of fused-ring (bicyclic) bond motifs is 3. The van der Waals surface area contributed by atoms with Gasteiger partial charge in [-0.1, -0.05) is 11.6 Å². The second kappa shape index (κ2) is 6.59. The molecule has 3 aliphatic rings. The predicted octanol–water partition coefficient (Wildman–Crippen LogP) is 3.56. The summed E-state index contributed by atoms with van der Waals surface area (Å²) >= 11 is 11.8. The molecule has 5 nitrogen and oxygen atoms in total. The minimum absolute atomic E-state index is 0.0218. The Labute approximate surface area is 139 Å². The van der Waals surface area contributed by atoms with Gasteiger partial charge < -0.3 is 10.1 Å². The molecule has 0 aliphatic heterocycles. The van der Waals surface area contributed by atoms with Crippen molar-refractivity contribution in [2.45, 2.75) is 38.6 Å². The SMILES string of the molecule is CCOC(=O)[C@H]1C2CCC(CC2)[C@@H]1Nc1cc(Cl)nc(Cl)n1. The predicted molar refractivity (Wildman–Crippen MR) is 85.0 cm³/mol. The summed E-state index contributed by atoms with van der Waals surface area (Å²) in [7, 11) is 0. The lowest BCUT2D eigenvalue weighted by Gasteiger charge is -2.47. The smallest absolute Gasteiger partial charge is 0.311 e. The molecule has 0 spiro atoms. The van der Waals surface area contributed by atoms with Gasteiger partial charge in [-0.05, 0) is 56.0 Å². The first-order valence-electron chi connectivity index (χ1n) is 7.71. The van der Waals surface area contributed by atoms with Crippen LogP contribution in [0.2, 0.25) is 10.4 Å². The van der Waals surface area contributed by atoms with E-state index in [9.17, 15) is 4.79 Å². The molecule has 1 heterocycles. The third-order valence-corrected chi connectivity index (χ3v) is 5.12. The summed E-state index contributed by atoms with van der Waals surface area (Å²) in [5.74, 6) is 1.17. The molecule has 1 N–H and O–H groups in total. The molecule has 3 saturated carbocycles. The van der Waals surface area contributed by atoms with E-state index in [1.54, 1.807) is 6.07 Å². The van der Waals surface area contributed by atoms with Crippen molar-refractivity contribution in [3.63, 3.8) is 0 Å². The Bertz CT molecular complexity index is 541. The van der Waals surface area contributed by atoms with Crippen molar-refractivity contribution >= 4 is 35.0 Å². The third-order valence-electron chi connectivity index (χ3n) is 4.76. The van der Waals surface area contributed by atoms with Crippen LogP contribution in [0.25, 0.3) is 0 Å². The molecule has 0 saturated heterocycles. The monoisotopic (exact) mass is 343 g/mol. The van der Waals surface area contributed by atoms with E-state index in [4.69, 9.17) is 27.9 Å². The van der Waals surface area contributed by atoms with Crippen molar-refractivity contribution in [3.05, 3.63) is 16.5 Å². The fourth-order valence-corrected chi connectivity index (χ4v) is 4.28. The molecule has 3 fully saturated rings. The van der Waals surface area contributed by atoms with Gasteiger partial charge >= 0.3 is 5.97 Å². The van der Waals surface area contributed by atoms with Gasteiger partial charge in [0.2, 0.25) is 5.28 Å². The summed E-state index contributed by atoms with van der Waals surface area (Å²) in [6, 6.07) is 1.66. The Balaban J connectivity index is 1.83. The molecule has 22 heavy (non-hydrogen) atoms. The second-order valence-electron chi connectivity index (χ2n) is 5.97. The molecule has 0 unspecified atom stereocenters. The molecular weight excluding hydrogens is 325 g/mol. The zero-order valence-electron chi connectivity index (χ0n) is 12.4. The highest BCUT2D eigenvalue weighted by Gasteiger charge is 2.48. The number of halogens is 2. The highest BCUT2D eigenvalue weighted by molar-refractivity contribution is 6.32. The quantitative estimate of drug-likeness (QED) is 0.514. The van der Waals surface area contributed by atoms with Gasteiger partial charge in [-0.2, -0.15) is 0 Å². The van der Waals surface area contributed by atoms with Crippen LogP contribution in [0, 0.1) is 17.8 Å². The van der Waals surface area contributed by atoms with E-state index < -0.39 is 0 Å². The van der Waals surface area contributed by atoms with Crippen molar-refractivity contribution in [1.82, 2.24) is 9.97 Å². The first-order valence-corrected chi connectivity index (χ1v) is 8.47. The Morgan fingerprint density at radius 2 is 1.95 bits per heavy atom. The maximum atomic E-state index is 12.4. The van der Waals surface area contributed by atoms with Crippen LogP contribution in [-0.4, -0.2) is 28.6 Å². The molecule has 120 valence electrons. The lowest BCUT2D eigenvalue weighted by Crippen LogP contribution is -2.52. The van der Waals surface area contributed by atoms with Gasteiger partial charge in [0.25, 0.3) is 0 Å². The lowest BCUT2D eigenvalue weighted by atomic mass is 9.61. The van der Waals surface area contributed by atoms with E-state index in [2.05, 4.69) is 15.3 Å². The number of aromatic nitrogens is 2. The summed E-state index contributed by atoms with van der Waals surface area (Å²) in [6.07, 6.45) is 4.45. The Morgan fingerprint density at radius 1 is 1.27 bits per heavy atom. The molecule has 0 aromatic carbocycles. The standard InChI is InChI=1S/C15H19Cl2N3O2/c1-2-22-14(21)12-8-3-5-9(6-4-8)13(12)19-11-7-10(16)18-15(17)20-11/h7-9,12-13H,2-6H2,1H3,(H,18,19,20)/t8?,9?,12-,13-/m0/s1. The van der Waals surface area contributed by atoms with Gasteiger partial charge in [0.05, 0.1) is 12.5 Å². The molecule has 7 heteroatoms. The number of nitrogens with one attached hydrogen (secondary N) is 1. The second-order valence-corrected chi connectivity index (χ2v) is 6.69. The van der Waals surface area contributed by atoms with Crippen LogP contribution in [-0.2, 0) is 9.53 Å². The lowest BCUT2D eigenvalue weighted by molar-refractivity contribution is -0.154. The first-order chi connectivity index (χ1) is 10.6. The number of ether oxygens (including phenoxy) is 1. The highest BCUT2D eigenvalue weighted by atomic mass is 35.5. The summed E-state index contributed by atoms with van der Waals surface area (Å²) in [4.78, 5) is 20.4. The number of nitrogens with zero attached hydrogens (tertiary/aromatic N) is 2.